The van der Waals surface area contributed by atoms with E-state index < -0.39 is 0 Å². The highest BCUT2D eigenvalue weighted by Crippen LogP contribution is 2.47. The van der Waals surface area contributed by atoms with Crippen LogP contribution in [0.1, 0.15) is 45.4 Å². The van der Waals surface area contributed by atoms with Crippen molar-refractivity contribution in [2.24, 2.45) is 29.2 Å². The Morgan fingerprint density at radius 1 is 1.15 bits per heavy atom. The van der Waals surface area contributed by atoms with Crippen LogP contribution in [-0.2, 0) is 0 Å². The van der Waals surface area contributed by atoms with Gasteiger partial charge in [-0.15, -0.1) is 0 Å². The van der Waals surface area contributed by atoms with Crippen molar-refractivity contribution in [3.05, 3.63) is 0 Å². The molecule has 1 unspecified atom stereocenters. The summed E-state index contributed by atoms with van der Waals surface area (Å²) < 4.78 is 0. The standard InChI is InChI=1S/C11H22N2/c1-2-11(12,13)10-7-8-3-5-9(10)6-4-8/h8-10H,2-7,12-13H2,1H3. The Hall–Kier alpha value is -0.0800. The van der Waals surface area contributed by atoms with Gasteiger partial charge in [-0.05, 0) is 43.4 Å². The van der Waals surface area contributed by atoms with Crippen LogP contribution in [0.15, 0.2) is 0 Å². The molecule has 0 aliphatic heterocycles. The predicted molar refractivity (Wildman–Crippen MR) is 55.0 cm³/mol. The minimum Gasteiger partial charge on any atom is -0.313 e. The van der Waals surface area contributed by atoms with Crippen LogP contribution in [0.2, 0.25) is 0 Å². The van der Waals surface area contributed by atoms with Gasteiger partial charge >= 0.3 is 0 Å². The van der Waals surface area contributed by atoms with Gasteiger partial charge in [-0.2, -0.15) is 0 Å². The Kier molecular flexibility index (Phi) is 2.37. The Morgan fingerprint density at radius 2 is 1.77 bits per heavy atom. The minimum atomic E-state index is -0.385. The van der Waals surface area contributed by atoms with Crippen LogP contribution in [0.3, 0.4) is 0 Å². The molecule has 3 rings (SSSR count). The van der Waals surface area contributed by atoms with E-state index in [-0.39, 0.29) is 5.66 Å². The van der Waals surface area contributed by atoms with Gasteiger partial charge in [-0.3, -0.25) is 0 Å². The maximum atomic E-state index is 6.16. The van der Waals surface area contributed by atoms with E-state index in [0.717, 1.165) is 18.3 Å². The number of fused-ring (bicyclic) bond motifs is 3. The summed E-state index contributed by atoms with van der Waals surface area (Å²) in [5.41, 5.74) is 11.9. The first kappa shape index (κ1) is 9.47. The fourth-order valence-corrected chi connectivity index (χ4v) is 3.30. The Bertz CT molecular complexity index is 181. The number of hydrogen-bond donors (Lipinski definition) is 2. The summed E-state index contributed by atoms with van der Waals surface area (Å²) in [7, 11) is 0. The maximum Gasteiger partial charge on any atom is 0.0665 e. The number of hydrogen-bond acceptors (Lipinski definition) is 2. The quantitative estimate of drug-likeness (QED) is 0.640. The zero-order valence-corrected chi connectivity index (χ0v) is 8.63. The third-order valence-electron chi connectivity index (χ3n) is 4.35. The van der Waals surface area contributed by atoms with Crippen molar-refractivity contribution in [3.63, 3.8) is 0 Å². The van der Waals surface area contributed by atoms with Crippen LogP contribution in [0, 0.1) is 17.8 Å². The molecule has 3 aliphatic carbocycles. The van der Waals surface area contributed by atoms with Gasteiger partial charge < -0.3 is 11.5 Å². The average Bonchev–Trinajstić information content (AvgIpc) is 2.19. The average molecular weight is 182 g/mol. The van der Waals surface area contributed by atoms with Crippen LogP contribution in [0.25, 0.3) is 0 Å². The molecule has 0 saturated heterocycles. The molecule has 3 fully saturated rings. The molecule has 76 valence electrons. The molecular formula is C11H22N2. The highest BCUT2D eigenvalue weighted by molar-refractivity contribution is 4.96. The van der Waals surface area contributed by atoms with Crippen molar-refractivity contribution < 1.29 is 0 Å². The molecule has 4 N–H and O–H groups in total. The zero-order chi connectivity index (χ0) is 9.47. The molecule has 2 nitrogen and oxygen atoms in total. The summed E-state index contributed by atoms with van der Waals surface area (Å²) in [6.07, 6.45) is 7.84. The topological polar surface area (TPSA) is 52.0 Å². The molecule has 0 radical (unpaired) electrons. The van der Waals surface area contributed by atoms with Gasteiger partial charge in [0.05, 0.1) is 5.66 Å². The van der Waals surface area contributed by atoms with Gasteiger partial charge in [0, 0.05) is 0 Å². The first-order valence-corrected chi connectivity index (χ1v) is 5.71. The highest BCUT2D eigenvalue weighted by atomic mass is 15.0. The molecule has 0 spiro atoms. The van der Waals surface area contributed by atoms with Crippen molar-refractivity contribution in [2.75, 3.05) is 0 Å². The lowest BCUT2D eigenvalue weighted by molar-refractivity contribution is 0.0415. The first-order chi connectivity index (χ1) is 6.13. The van der Waals surface area contributed by atoms with Crippen LogP contribution in [-0.4, -0.2) is 5.66 Å². The molecule has 2 heteroatoms. The van der Waals surface area contributed by atoms with Gasteiger partial charge in [0.15, 0.2) is 0 Å². The van der Waals surface area contributed by atoms with E-state index in [1.165, 1.54) is 32.1 Å². The Labute approximate surface area is 81.1 Å². The fraction of sp³-hybridized carbons (Fsp3) is 1.00. The van der Waals surface area contributed by atoms with E-state index in [4.69, 9.17) is 11.5 Å². The smallest absolute Gasteiger partial charge is 0.0665 e. The van der Waals surface area contributed by atoms with Crippen molar-refractivity contribution in [1.82, 2.24) is 0 Å². The van der Waals surface area contributed by atoms with E-state index >= 15 is 0 Å². The van der Waals surface area contributed by atoms with E-state index in [2.05, 4.69) is 6.92 Å². The van der Waals surface area contributed by atoms with Crippen molar-refractivity contribution in [1.29, 1.82) is 0 Å². The minimum absolute atomic E-state index is 0.385. The lowest BCUT2D eigenvalue weighted by atomic mass is 9.61. The predicted octanol–water partition coefficient (Wildman–Crippen LogP) is 1.84. The summed E-state index contributed by atoms with van der Waals surface area (Å²) in [4.78, 5) is 0. The Balaban J connectivity index is 2.08. The molecule has 0 aromatic rings. The van der Waals surface area contributed by atoms with E-state index in [0.29, 0.717) is 5.92 Å². The molecule has 13 heavy (non-hydrogen) atoms. The summed E-state index contributed by atoms with van der Waals surface area (Å²) >= 11 is 0. The largest absolute Gasteiger partial charge is 0.313 e. The number of nitrogens with two attached hydrogens (primary N) is 2. The fourth-order valence-electron chi connectivity index (χ4n) is 3.30. The van der Waals surface area contributed by atoms with Gasteiger partial charge in [-0.25, -0.2) is 0 Å². The number of rotatable bonds is 2. The summed E-state index contributed by atoms with van der Waals surface area (Å²) in [5.74, 6) is 2.37. The molecule has 2 bridgehead atoms. The SMILES string of the molecule is CCC(N)(N)C1CC2CCC1CC2. The third-order valence-corrected chi connectivity index (χ3v) is 4.35. The van der Waals surface area contributed by atoms with Crippen molar-refractivity contribution >= 4 is 0 Å². The molecule has 0 heterocycles. The summed E-state index contributed by atoms with van der Waals surface area (Å²) in [6, 6.07) is 0. The van der Waals surface area contributed by atoms with Crippen LogP contribution in [0.5, 0.6) is 0 Å². The molecule has 3 aliphatic rings. The first-order valence-electron chi connectivity index (χ1n) is 5.71. The second-order valence-corrected chi connectivity index (χ2v) is 5.09. The monoisotopic (exact) mass is 182 g/mol. The second-order valence-electron chi connectivity index (χ2n) is 5.09. The van der Waals surface area contributed by atoms with Crippen molar-refractivity contribution in [2.45, 2.75) is 51.1 Å². The van der Waals surface area contributed by atoms with Crippen molar-refractivity contribution in [3.8, 4) is 0 Å². The molecule has 0 amide bonds. The van der Waals surface area contributed by atoms with Crippen LogP contribution < -0.4 is 11.5 Å². The van der Waals surface area contributed by atoms with E-state index in [1.807, 2.05) is 0 Å². The molecule has 1 atom stereocenters. The van der Waals surface area contributed by atoms with Gasteiger partial charge in [0.25, 0.3) is 0 Å². The summed E-state index contributed by atoms with van der Waals surface area (Å²) in [5, 5.41) is 0. The molecule has 0 aromatic heterocycles. The summed E-state index contributed by atoms with van der Waals surface area (Å²) in [6.45, 7) is 2.11. The van der Waals surface area contributed by atoms with Gasteiger partial charge in [0.2, 0.25) is 0 Å². The lowest BCUT2D eigenvalue weighted by Crippen LogP contribution is -2.59. The van der Waals surface area contributed by atoms with Gasteiger partial charge in [0.1, 0.15) is 0 Å². The Morgan fingerprint density at radius 3 is 2.15 bits per heavy atom. The second kappa shape index (κ2) is 3.25. The maximum absolute atomic E-state index is 6.16. The highest BCUT2D eigenvalue weighted by Gasteiger charge is 2.43. The molecule has 0 aromatic carbocycles. The molecule has 3 saturated carbocycles. The van der Waals surface area contributed by atoms with E-state index in [1.54, 1.807) is 0 Å². The van der Waals surface area contributed by atoms with Crippen LogP contribution >= 0.6 is 0 Å². The molecular weight excluding hydrogens is 160 g/mol. The normalized spacial score (nSPS) is 39.5. The lowest BCUT2D eigenvalue weighted by Gasteiger charge is -2.48. The van der Waals surface area contributed by atoms with Gasteiger partial charge in [-0.1, -0.05) is 19.8 Å². The zero-order valence-electron chi connectivity index (χ0n) is 8.63. The van der Waals surface area contributed by atoms with Crippen LogP contribution in [0.4, 0.5) is 0 Å². The third kappa shape index (κ3) is 1.62. The van der Waals surface area contributed by atoms with E-state index in [9.17, 15) is 0 Å².